The van der Waals surface area contributed by atoms with E-state index in [4.69, 9.17) is 11.6 Å². The summed E-state index contributed by atoms with van der Waals surface area (Å²) in [6.07, 6.45) is 0. The molecule has 16 heavy (non-hydrogen) atoms. The van der Waals surface area contributed by atoms with Crippen LogP contribution in [0.2, 0.25) is 5.02 Å². The minimum Gasteiger partial charge on any atom is -0.382 e. The summed E-state index contributed by atoms with van der Waals surface area (Å²) in [5.41, 5.74) is 0.727. The van der Waals surface area contributed by atoms with E-state index < -0.39 is 0 Å². The second kappa shape index (κ2) is 5.51. The summed E-state index contributed by atoms with van der Waals surface area (Å²) >= 11 is 5.92. The van der Waals surface area contributed by atoms with E-state index in [2.05, 4.69) is 31.4 Å². The van der Waals surface area contributed by atoms with E-state index >= 15 is 0 Å². The largest absolute Gasteiger partial charge is 0.382 e. The van der Waals surface area contributed by atoms with E-state index in [0.717, 1.165) is 6.54 Å². The quantitative estimate of drug-likeness (QED) is 0.795. The van der Waals surface area contributed by atoms with Gasteiger partial charge >= 0.3 is 0 Å². The average Bonchev–Trinajstić information content (AvgIpc) is 2.16. The Morgan fingerprint density at radius 3 is 2.56 bits per heavy atom. The number of halogens is 2. The summed E-state index contributed by atoms with van der Waals surface area (Å²) in [5, 5.41) is 6.96. The third kappa shape index (κ3) is 4.81. The Kier molecular flexibility index (Phi) is 4.56. The van der Waals surface area contributed by atoms with Crippen LogP contribution in [0.4, 0.5) is 10.1 Å². The van der Waals surface area contributed by atoms with Crippen molar-refractivity contribution in [2.75, 3.05) is 18.4 Å². The lowest BCUT2D eigenvalue weighted by atomic mass is 10.1. The molecule has 0 radical (unpaired) electrons. The van der Waals surface area contributed by atoms with E-state index in [0.29, 0.717) is 17.3 Å². The summed E-state index contributed by atoms with van der Waals surface area (Å²) in [6.45, 7) is 7.81. The molecule has 0 amide bonds. The first-order valence-corrected chi connectivity index (χ1v) is 5.70. The SMILES string of the molecule is CC(C)(C)NCCNc1cc(F)ccc1Cl. The van der Waals surface area contributed by atoms with Gasteiger partial charge in [-0.15, -0.1) is 0 Å². The highest BCUT2D eigenvalue weighted by atomic mass is 35.5. The maximum absolute atomic E-state index is 12.9. The molecule has 0 saturated heterocycles. The van der Waals surface area contributed by atoms with Gasteiger partial charge < -0.3 is 10.6 Å². The van der Waals surface area contributed by atoms with E-state index in [-0.39, 0.29) is 11.4 Å². The van der Waals surface area contributed by atoms with Crippen LogP contribution in [-0.4, -0.2) is 18.6 Å². The molecule has 0 fully saturated rings. The van der Waals surface area contributed by atoms with Gasteiger partial charge in [-0.1, -0.05) is 11.6 Å². The van der Waals surface area contributed by atoms with Crippen LogP contribution in [0.5, 0.6) is 0 Å². The van der Waals surface area contributed by atoms with Gasteiger partial charge in [0.05, 0.1) is 10.7 Å². The minimum atomic E-state index is -0.282. The summed E-state index contributed by atoms with van der Waals surface area (Å²) in [6, 6.07) is 4.30. The Morgan fingerprint density at radius 1 is 1.25 bits per heavy atom. The van der Waals surface area contributed by atoms with Crippen molar-refractivity contribution in [3.63, 3.8) is 0 Å². The molecule has 0 spiro atoms. The third-order valence-corrected chi connectivity index (χ3v) is 2.35. The molecule has 90 valence electrons. The molecule has 2 N–H and O–H groups in total. The van der Waals surface area contributed by atoms with Crippen LogP contribution in [0.25, 0.3) is 0 Å². The highest BCUT2D eigenvalue weighted by Crippen LogP contribution is 2.21. The Bertz CT molecular complexity index is 347. The molecular formula is C12H18ClFN2. The smallest absolute Gasteiger partial charge is 0.125 e. The van der Waals surface area contributed by atoms with Gasteiger partial charge in [-0.25, -0.2) is 4.39 Å². The van der Waals surface area contributed by atoms with Crippen LogP contribution in [-0.2, 0) is 0 Å². The predicted octanol–water partition coefficient (Wildman–Crippen LogP) is 3.28. The van der Waals surface area contributed by atoms with Crippen molar-refractivity contribution in [3.05, 3.63) is 29.0 Å². The zero-order valence-corrected chi connectivity index (χ0v) is 10.7. The van der Waals surface area contributed by atoms with E-state index in [1.807, 2.05) is 0 Å². The lowest BCUT2D eigenvalue weighted by Gasteiger charge is -2.20. The number of rotatable bonds is 4. The predicted molar refractivity (Wildman–Crippen MR) is 67.7 cm³/mol. The Morgan fingerprint density at radius 2 is 1.94 bits per heavy atom. The van der Waals surface area contributed by atoms with E-state index in [1.54, 1.807) is 6.07 Å². The highest BCUT2D eigenvalue weighted by Gasteiger charge is 2.07. The van der Waals surface area contributed by atoms with Gasteiger partial charge in [-0.05, 0) is 39.0 Å². The number of hydrogen-bond acceptors (Lipinski definition) is 2. The summed E-state index contributed by atoms with van der Waals surface area (Å²) < 4.78 is 12.9. The Labute approximate surface area is 101 Å². The molecule has 1 aromatic carbocycles. The van der Waals surface area contributed by atoms with Crippen LogP contribution in [0.3, 0.4) is 0 Å². The molecule has 0 bridgehead atoms. The maximum atomic E-state index is 12.9. The maximum Gasteiger partial charge on any atom is 0.125 e. The van der Waals surface area contributed by atoms with Crippen molar-refractivity contribution >= 4 is 17.3 Å². The summed E-state index contributed by atoms with van der Waals surface area (Å²) in [4.78, 5) is 0. The normalized spacial score (nSPS) is 11.6. The molecule has 0 aliphatic rings. The van der Waals surface area contributed by atoms with Crippen LogP contribution < -0.4 is 10.6 Å². The monoisotopic (exact) mass is 244 g/mol. The molecule has 1 rings (SSSR count). The van der Waals surface area contributed by atoms with E-state index in [1.165, 1.54) is 12.1 Å². The molecule has 2 nitrogen and oxygen atoms in total. The molecule has 0 aromatic heterocycles. The zero-order chi connectivity index (χ0) is 12.2. The fourth-order valence-electron chi connectivity index (χ4n) is 1.27. The van der Waals surface area contributed by atoms with Crippen LogP contribution in [0.15, 0.2) is 18.2 Å². The van der Waals surface area contributed by atoms with Gasteiger partial charge in [-0.2, -0.15) is 0 Å². The van der Waals surface area contributed by atoms with Crippen molar-refractivity contribution in [3.8, 4) is 0 Å². The summed E-state index contributed by atoms with van der Waals surface area (Å²) in [7, 11) is 0. The van der Waals surface area contributed by atoms with Gasteiger partial charge in [0, 0.05) is 18.6 Å². The summed E-state index contributed by atoms with van der Waals surface area (Å²) in [5.74, 6) is -0.282. The van der Waals surface area contributed by atoms with Crippen molar-refractivity contribution in [1.82, 2.24) is 5.32 Å². The first kappa shape index (κ1) is 13.3. The molecule has 1 aromatic rings. The standard InChI is InChI=1S/C12H18ClFN2/c1-12(2,3)16-7-6-15-11-8-9(14)4-5-10(11)13/h4-5,8,15-16H,6-7H2,1-3H3. The lowest BCUT2D eigenvalue weighted by Crippen LogP contribution is -2.38. The van der Waals surface area contributed by atoms with Crippen molar-refractivity contribution in [2.24, 2.45) is 0 Å². The molecule has 0 saturated carbocycles. The van der Waals surface area contributed by atoms with Gasteiger partial charge in [0.2, 0.25) is 0 Å². The molecule has 0 heterocycles. The molecule has 0 atom stereocenters. The topological polar surface area (TPSA) is 24.1 Å². The molecule has 0 aliphatic carbocycles. The van der Waals surface area contributed by atoms with Gasteiger partial charge in [0.15, 0.2) is 0 Å². The van der Waals surface area contributed by atoms with Crippen LogP contribution in [0.1, 0.15) is 20.8 Å². The van der Waals surface area contributed by atoms with E-state index in [9.17, 15) is 4.39 Å². The minimum absolute atomic E-state index is 0.0907. The molecular weight excluding hydrogens is 227 g/mol. The molecule has 0 aliphatic heterocycles. The number of nitrogens with one attached hydrogen (secondary N) is 2. The molecule has 0 unspecified atom stereocenters. The fraction of sp³-hybridized carbons (Fsp3) is 0.500. The lowest BCUT2D eigenvalue weighted by molar-refractivity contribution is 0.435. The van der Waals surface area contributed by atoms with Crippen molar-refractivity contribution in [1.29, 1.82) is 0 Å². The zero-order valence-electron chi connectivity index (χ0n) is 9.90. The second-order valence-corrected chi connectivity index (χ2v) is 5.13. The fourth-order valence-corrected chi connectivity index (χ4v) is 1.45. The van der Waals surface area contributed by atoms with Gasteiger partial charge in [0.25, 0.3) is 0 Å². The van der Waals surface area contributed by atoms with Crippen LogP contribution >= 0.6 is 11.6 Å². The second-order valence-electron chi connectivity index (χ2n) is 4.73. The Balaban J connectivity index is 2.40. The highest BCUT2D eigenvalue weighted by molar-refractivity contribution is 6.33. The first-order chi connectivity index (χ1) is 7.38. The van der Waals surface area contributed by atoms with Crippen molar-refractivity contribution in [2.45, 2.75) is 26.3 Å². The Hall–Kier alpha value is -0.800. The first-order valence-electron chi connectivity index (χ1n) is 5.32. The average molecular weight is 245 g/mol. The van der Waals surface area contributed by atoms with Gasteiger partial charge in [0.1, 0.15) is 5.82 Å². The number of anilines is 1. The van der Waals surface area contributed by atoms with Crippen LogP contribution in [0, 0.1) is 5.82 Å². The number of hydrogen-bond donors (Lipinski definition) is 2. The van der Waals surface area contributed by atoms with Crippen molar-refractivity contribution < 1.29 is 4.39 Å². The molecule has 4 heteroatoms. The third-order valence-electron chi connectivity index (χ3n) is 2.02. The van der Waals surface area contributed by atoms with Gasteiger partial charge in [-0.3, -0.25) is 0 Å². The number of benzene rings is 1.